The van der Waals surface area contributed by atoms with Crippen LogP contribution in [0.25, 0.3) is 22.2 Å². The van der Waals surface area contributed by atoms with Gasteiger partial charge in [-0.25, -0.2) is 0 Å². The molecule has 2 heterocycles. The van der Waals surface area contributed by atoms with Gasteiger partial charge in [-0.05, 0) is 17.5 Å². The summed E-state index contributed by atoms with van der Waals surface area (Å²) < 4.78 is 37.4. The van der Waals surface area contributed by atoms with Crippen molar-refractivity contribution in [2.24, 2.45) is 0 Å². The fraction of sp³-hybridized carbons (Fsp3) is 0.0769. The number of aromatic amines is 1. The quantitative estimate of drug-likeness (QED) is 0.728. The lowest BCUT2D eigenvalue weighted by Crippen LogP contribution is -2.04. The second-order valence-corrected chi connectivity index (χ2v) is 4.08. The Hall–Kier alpha value is -2.37. The number of nitrogens with zero attached hydrogens (tertiary/aromatic N) is 2. The summed E-state index contributed by atoms with van der Waals surface area (Å²) >= 11 is 0. The zero-order valence-electron chi connectivity index (χ0n) is 9.57. The molecule has 0 aliphatic heterocycles. The highest BCUT2D eigenvalue weighted by molar-refractivity contribution is 5.84. The third-order valence-electron chi connectivity index (χ3n) is 2.78. The molecule has 0 bridgehead atoms. The van der Waals surface area contributed by atoms with Crippen LogP contribution in [0.3, 0.4) is 0 Å². The summed E-state index contributed by atoms with van der Waals surface area (Å²) in [5, 5.41) is 7.46. The van der Waals surface area contributed by atoms with Gasteiger partial charge in [0.05, 0.1) is 5.69 Å². The standard InChI is InChI=1S/C13H8F3N3/c14-13(15,16)12-6-11(18-19-12)10-5-8-3-1-2-4-9(8)7-17-10/h1-7H,(H,18,19). The van der Waals surface area contributed by atoms with Crippen molar-refractivity contribution in [3.05, 3.63) is 48.3 Å². The monoisotopic (exact) mass is 263 g/mol. The minimum absolute atomic E-state index is 0.179. The molecule has 6 heteroatoms. The van der Waals surface area contributed by atoms with Gasteiger partial charge >= 0.3 is 6.18 Å². The Bertz CT molecular complexity index is 731. The number of benzene rings is 1. The number of H-pyrrole nitrogens is 1. The smallest absolute Gasteiger partial charge is 0.273 e. The van der Waals surface area contributed by atoms with Gasteiger partial charge in [0.15, 0.2) is 0 Å². The third-order valence-corrected chi connectivity index (χ3v) is 2.78. The largest absolute Gasteiger partial charge is 0.432 e. The maximum Gasteiger partial charge on any atom is 0.432 e. The molecule has 1 N–H and O–H groups in total. The first kappa shape index (κ1) is 11.7. The molecule has 3 aromatic rings. The highest BCUT2D eigenvalue weighted by Gasteiger charge is 2.33. The second-order valence-electron chi connectivity index (χ2n) is 4.08. The van der Waals surface area contributed by atoms with E-state index in [-0.39, 0.29) is 5.69 Å². The van der Waals surface area contributed by atoms with E-state index in [0.29, 0.717) is 5.69 Å². The SMILES string of the molecule is FC(F)(F)c1cc(-c2cc3ccccc3cn2)n[nH]1. The molecule has 0 aliphatic carbocycles. The maximum absolute atomic E-state index is 12.5. The van der Waals surface area contributed by atoms with E-state index in [2.05, 4.69) is 10.1 Å². The fourth-order valence-electron chi connectivity index (χ4n) is 1.82. The van der Waals surface area contributed by atoms with Gasteiger partial charge in [0.25, 0.3) is 0 Å². The van der Waals surface area contributed by atoms with E-state index in [0.717, 1.165) is 16.8 Å². The lowest BCUT2D eigenvalue weighted by molar-refractivity contribution is -0.141. The van der Waals surface area contributed by atoms with Crippen molar-refractivity contribution < 1.29 is 13.2 Å². The van der Waals surface area contributed by atoms with E-state index >= 15 is 0 Å². The van der Waals surface area contributed by atoms with E-state index in [9.17, 15) is 13.2 Å². The first-order valence-electron chi connectivity index (χ1n) is 5.52. The summed E-state index contributed by atoms with van der Waals surface area (Å²) in [4.78, 5) is 4.12. The van der Waals surface area contributed by atoms with Crippen molar-refractivity contribution in [3.8, 4) is 11.4 Å². The van der Waals surface area contributed by atoms with Crippen LogP contribution in [-0.4, -0.2) is 15.2 Å². The molecule has 0 saturated carbocycles. The molecule has 0 atom stereocenters. The molecule has 96 valence electrons. The minimum atomic E-state index is -4.43. The van der Waals surface area contributed by atoms with Crippen molar-refractivity contribution in [3.63, 3.8) is 0 Å². The van der Waals surface area contributed by atoms with Crippen molar-refractivity contribution in [1.82, 2.24) is 15.2 Å². The van der Waals surface area contributed by atoms with Gasteiger partial charge in [-0.1, -0.05) is 24.3 Å². The molecule has 3 rings (SSSR count). The first-order chi connectivity index (χ1) is 9.04. The lowest BCUT2D eigenvalue weighted by atomic mass is 10.1. The van der Waals surface area contributed by atoms with Gasteiger partial charge in [0.1, 0.15) is 11.4 Å². The first-order valence-corrected chi connectivity index (χ1v) is 5.52. The molecule has 0 unspecified atom stereocenters. The van der Waals surface area contributed by atoms with Crippen LogP contribution in [0.15, 0.2) is 42.6 Å². The maximum atomic E-state index is 12.5. The van der Waals surface area contributed by atoms with Gasteiger partial charge < -0.3 is 0 Å². The van der Waals surface area contributed by atoms with Crippen molar-refractivity contribution in [1.29, 1.82) is 0 Å². The molecule has 0 amide bonds. The molecule has 0 fully saturated rings. The Kier molecular flexibility index (Phi) is 2.51. The fourth-order valence-corrected chi connectivity index (χ4v) is 1.82. The molecular formula is C13H8F3N3. The van der Waals surface area contributed by atoms with E-state index in [1.54, 1.807) is 12.3 Å². The molecular weight excluding hydrogens is 255 g/mol. The molecule has 0 spiro atoms. The number of hydrogen-bond acceptors (Lipinski definition) is 2. The summed E-state index contributed by atoms with van der Waals surface area (Å²) in [6, 6.07) is 10.2. The Morgan fingerprint density at radius 2 is 1.68 bits per heavy atom. The zero-order chi connectivity index (χ0) is 13.5. The Morgan fingerprint density at radius 1 is 0.947 bits per heavy atom. The van der Waals surface area contributed by atoms with Crippen LogP contribution in [0.5, 0.6) is 0 Å². The number of nitrogens with one attached hydrogen (secondary N) is 1. The van der Waals surface area contributed by atoms with E-state index in [4.69, 9.17) is 0 Å². The van der Waals surface area contributed by atoms with Crippen LogP contribution in [0, 0.1) is 0 Å². The normalized spacial score (nSPS) is 11.9. The Morgan fingerprint density at radius 3 is 2.37 bits per heavy atom. The predicted molar refractivity (Wildman–Crippen MR) is 64.3 cm³/mol. The van der Waals surface area contributed by atoms with Gasteiger partial charge in [0.2, 0.25) is 0 Å². The summed E-state index contributed by atoms with van der Waals surface area (Å²) in [5.41, 5.74) is -0.291. The van der Waals surface area contributed by atoms with Crippen LogP contribution in [0.2, 0.25) is 0 Å². The Labute approximate surface area is 106 Å². The highest BCUT2D eigenvalue weighted by Crippen LogP contribution is 2.30. The molecule has 0 saturated heterocycles. The summed E-state index contributed by atoms with van der Waals surface area (Å²) in [6.07, 6.45) is -2.81. The van der Waals surface area contributed by atoms with Crippen LogP contribution < -0.4 is 0 Å². The number of pyridine rings is 1. The lowest BCUT2D eigenvalue weighted by Gasteiger charge is -2.00. The number of rotatable bonds is 1. The van der Waals surface area contributed by atoms with Gasteiger partial charge in [-0.3, -0.25) is 10.1 Å². The van der Waals surface area contributed by atoms with Crippen molar-refractivity contribution >= 4 is 10.8 Å². The topological polar surface area (TPSA) is 41.6 Å². The van der Waals surface area contributed by atoms with Crippen LogP contribution >= 0.6 is 0 Å². The molecule has 3 nitrogen and oxygen atoms in total. The van der Waals surface area contributed by atoms with Crippen LogP contribution in [-0.2, 0) is 6.18 Å². The predicted octanol–water partition coefficient (Wildman–Crippen LogP) is 3.64. The molecule has 1 aromatic carbocycles. The second kappa shape index (κ2) is 4.08. The zero-order valence-corrected chi connectivity index (χ0v) is 9.57. The van der Waals surface area contributed by atoms with Gasteiger partial charge in [0, 0.05) is 11.6 Å². The molecule has 0 aliphatic rings. The van der Waals surface area contributed by atoms with Crippen molar-refractivity contribution in [2.45, 2.75) is 6.18 Å². The molecule has 0 radical (unpaired) electrons. The van der Waals surface area contributed by atoms with Gasteiger partial charge in [-0.15, -0.1) is 0 Å². The third kappa shape index (κ3) is 2.16. The van der Waals surface area contributed by atoms with E-state index in [1.807, 2.05) is 29.4 Å². The molecule has 2 aromatic heterocycles. The number of fused-ring (bicyclic) bond motifs is 1. The van der Waals surface area contributed by atoms with E-state index < -0.39 is 11.9 Å². The average Bonchev–Trinajstić information content (AvgIpc) is 2.87. The van der Waals surface area contributed by atoms with Gasteiger partial charge in [-0.2, -0.15) is 18.3 Å². The average molecular weight is 263 g/mol. The number of aromatic nitrogens is 3. The summed E-state index contributed by atoms with van der Waals surface area (Å²) in [7, 11) is 0. The number of halogens is 3. The van der Waals surface area contributed by atoms with E-state index in [1.165, 1.54) is 0 Å². The van der Waals surface area contributed by atoms with Crippen molar-refractivity contribution in [2.75, 3.05) is 0 Å². The Balaban J connectivity index is 2.07. The number of alkyl halides is 3. The summed E-state index contributed by atoms with van der Waals surface area (Å²) in [6.45, 7) is 0. The van der Waals surface area contributed by atoms with Crippen LogP contribution in [0.1, 0.15) is 5.69 Å². The minimum Gasteiger partial charge on any atom is -0.273 e. The molecule has 19 heavy (non-hydrogen) atoms. The number of hydrogen-bond donors (Lipinski definition) is 1. The summed E-state index contributed by atoms with van der Waals surface area (Å²) in [5.74, 6) is 0. The van der Waals surface area contributed by atoms with Crippen LogP contribution in [0.4, 0.5) is 13.2 Å². The highest BCUT2D eigenvalue weighted by atomic mass is 19.4.